The Bertz CT molecular complexity index is 632. The first kappa shape index (κ1) is 13.6. The molecule has 2 N–H and O–H groups in total. The summed E-state index contributed by atoms with van der Waals surface area (Å²) in [6.45, 7) is 0.0495. The van der Waals surface area contributed by atoms with Crippen LogP contribution in [-0.2, 0) is 6.42 Å². The minimum absolute atomic E-state index is 0.0306. The number of fused-ring (bicyclic) bond motifs is 1. The lowest BCUT2D eigenvalue weighted by molar-refractivity contribution is 0.229. The van der Waals surface area contributed by atoms with Gasteiger partial charge in [-0.2, -0.15) is 0 Å². The summed E-state index contributed by atoms with van der Waals surface area (Å²) in [5.74, 6) is -0.265. The molecule has 0 radical (unpaired) electrons. The second-order valence-electron chi connectivity index (χ2n) is 5.08. The van der Waals surface area contributed by atoms with Gasteiger partial charge in [-0.3, -0.25) is 0 Å². The second kappa shape index (κ2) is 5.52. The van der Waals surface area contributed by atoms with E-state index in [1.165, 1.54) is 12.1 Å². The summed E-state index contributed by atoms with van der Waals surface area (Å²) in [5, 5.41) is 13.4. The van der Waals surface area contributed by atoms with Crippen LogP contribution in [0.3, 0.4) is 0 Å². The standard InChI is InChI=1S/C16H15ClFNO/c17-12-5-4-10-7-14(9-20)19-16(15(10)8-12)11-2-1-3-13(18)6-11/h1-6,8,14,16,19-20H,7,9H2/t14-,16-/m0/s1. The first-order chi connectivity index (χ1) is 9.67. The molecule has 0 spiro atoms. The number of aliphatic hydroxyl groups is 1. The Morgan fingerprint density at radius 2 is 2.10 bits per heavy atom. The molecule has 1 aliphatic rings. The second-order valence-corrected chi connectivity index (χ2v) is 5.52. The van der Waals surface area contributed by atoms with Crippen molar-refractivity contribution >= 4 is 11.6 Å². The zero-order valence-corrected chi connectivity index (χ0v) is 11.6. The zero-order valence-electron chi connectivity index (χ0n) is 10.8. The fourth-order valence-corrected chi connectivity index (χ4v) is 2.93. The molecule has 0 unspecified atom stereocenters. The fraction of sp³-hybridized carbons (Fsp3) is 0.250. The molecule has 104 valence electrons. The average molecular weight is 292 g/mol. The topological polar surface area (TPSA) is 32.3 Å². The summed E-state index contributed by atoms with van der Waals surface area (Å²) >= 11 is 6.08. The first-order valence-corrected chi connectivity index (χ1v) is 6.96. The molecule has 0 fully saturated rings. The summed E-state index contributed by atoms with van der Waals surface area (Å²) in [4.78, 5) is 0. The van der Waals surface area contributed by atoms with E-state index < -0.39 is 0 Å². The molecule has 2 aromatic rings. The van der Waals surface area contributed by atoms with Crippen LogP contribution in [0.1, 0.15) is 22.7 Å². The Morgan fingerprint density at radius 1 is 1.25 bits per heavy atom. The van der Waals surface area contributed by atoms with E-state index in [1.807, 2.05) is 24.3 Å². The molecule has 2 atom stereocenters. The molecular formula is C16H15ClFNO. The van der Waals surface area contributed by atoms with Crippen LogP contribution in [-0.4, -0.2) is 17.8 Å². The molecule has 1 aliphatic heterocycles. The normalized spacial score (nSPS) is 21.6. The molecule has 0 saturated heterocycles. The van der Waals surface area contributed by atoms with Gasteiger partial charge in [-0.15, -0.1) is 0 Å². The molecule has 2 aromatic carbocycles. The van der Waals surface area contributed by atoms with E-state index in [0.29, 0.717) is 5.02 Å². The van der Waals surface area contributed by atoms with Gasteiger partial charge in [-0.25, -0.2) is 4.39 Å². The van der Waals surface area contributed by atoms with E-state index in [-0.39, 0.29) is 24.5 Å². The van der Waals surface area contributed by atoms with Gasteiger partial charge < -0.3 is 10.4 Å². The van der Waals surface area contributed by atoms with Crippen molar-refractivity contribution in [2.45, 2.75) is 18.5 Å². The average Bonchev–Trinajstić information content (AvgIpc) is 2.46. The molecule has 0 aliphatic carbocycles. The van der Waals surface area contributed by atoms with Gasteiger partial charge in [0.25, 0.3) is 0 Å². The van der Waals surface area contributed by atoms with Crippen LogP contribution >= 0.6 is 11.6 Å². The Balaban J connectivity index is 2.08. The monoisotopic (exact) mass is 291 g/mol. The number of benzene rings is 2. The molecule has 1 heterocycles. The van der Waals surface area contributed by atoms with Crippen molar-refractivity contribution in [1.82, 2.24) is 5.32 Å². The number of hydrogen-bond acceptors (Lipinski definition) is 2. The van der Waals surface area contributed by atoms with Crippen molar-refractivity contribution < 1.29 is 9.50 Å². The van der Waals surface area contributed by atoms with Gasteiger partial charge in [-0.1, -0.05) is 29.8 Å². The van der Waals surface area contributed by atoms with E-state index in [0.717, 1.165) is 23.1 Å². The largest absolute Gasteiger partial charge is 0.395 e. The van der Waals surface area contributed by atoms with E-state index in [4.69, 9.17) is 11.6 Å². The van der Waals surface area contributed by atoms with Crippen LogP contribution in [0.15, 0.2) is 42.5 Å². The van der Waals surface area contributed by atoms with Gasteiger partial charge in [0.15, 0.2) is 0 Å². The van der Waals surface area contributed by atoms with Crippen LogP contribution in [0, 0.1) is 5.82 Å². The lowest BCUT2D eigenvalue weighted by Gasteiger charge is -2.33. The molecule has 0 aromatic heterocycles. The summed E-state index contributed by atoms with van der Waals surface area (Å²) in [7, 11) is 0. The smallest absolute Gasteiger partial charge is 0.123 e. The van der Waals surface area contributed by atoms with Crippen LogP contribution in [0.4, 0.5) is 4.39 Å². The SMILES string of the molecule is OC[C@@H]1Cc2ccc(Cl)cc2[C@H](c2cccc(F)c2)N1. The van der Waals surface area contributed by atoms with Crippen molar-refractivity contribution in [2.24, 2.45) is 0 Å². The maximum atomic E-state index is 13.5. The van der Waals surface area contributed by atoms with E-state index in [9.17, 15) is 9.50 Å². The van der Waals surface area contributed by atoms with Crippen LogP contribution in [0.25, 0.3) is 0 Å². The lowest BCUT2D eigenvalue weighted by atomic mass is 9.87. The van der Waals surface area contributed by atoms with E-state index in [2.05, 4.69) is 5.32 Å². The quantitative estimate of drug-likeness (QED) is 0.891. The van der Waals surface area contributed by atoms with Crippen molar-refractivity contribution in [3.63, 3.8) is 0 Å². The number of halogens is 2. The molecule has 0 bridgehead atoms. The number of hydrogen-bond donors (Lipinski definition) is 2. The molecule has 20 heavy (non-hydrogen) atoms. The molecule has 4 heteroatoms. The highest BCUT2D eigenvalue weighted by Crippen LogP contribution is 2.32. The predicted octanol–water partition coefficient (Wildman–Crippen LogP) is 3.08. The highest BCUT2D eigenvalue weighted by atomic mass is 35.5. The summed E-state index contributed by atoms with van der Waals surface area (Å²) in [5.41, 5.74) is 3.03. The van der Waals surface area contributed by atoms with Crippen LogP contribution in [0.2, 0.25) is 5.02 Å². The van der Waals surface area contributed by atoms with Crippen molar-refractivity contribution in [3.05, 3.63) is 70.0 Å². The molecule has 3 rings (SSSR count). The maximum Gasteiger partial charge on any atom is 0.123 e. The summed E-state index contributed by atoms with van der Waals surface area (Å²) < 4.78 is 13.5. The number of rotatable bonds is 2. The van der Waals surface area contributed by atoms with Gasteiger partial charge in [0.2, 0.25) is 0 Å². The minimum Gasteiger partial charge on any atom is -0.395 e. The van der Waals surface area contributed by atoms with Gasteiger partial charge >= 0.3 is 0 Å². The van der Waals surface area contributed by atoms with Crippen molar-refractivity contribution in [2.75, 3.05) is 6.61 Å². The highest BCUT2D eigenvalue weighted by molar-refractivity contribution is 6.30. The van der Waals surface area contributed by atoms with Crippen LogP contribution < -0.4 is 5.32 Å². The van der Waals surface area contributed by atoms with Gasteiger partial charge in [0.05, 0.1) is 12.6 Å². The van der Waals surface area contributed by atoms with E-state index in [1.54, 1.807) is 6.07 Å². The lowest BCUT2D eigenvalue weighted by Crippen LogP contribution is -2.42. The predicted molar refractivity (Wildman–Crippen MR) is 77.4 cm³/mol. The molecular weight excluding hydrogens is 277 g/mol. The van der Waals surface area contributed by atoms with Gasteiger partial charge in [0, 0.05) is 11.1 Å². The summed E-state index contributed by atoms with van der Waals surface area (Å²) in [6.07, 6.45) is 0.745. The third kappa shape index (κ3) is 2.57. The third-order valence-corrected chi connectivity index (χ3v) is 3.93. The minimum atomic E-state index is -0.265. The van der Waals surface area contributed by atoms with Gasteiger partial charge in [-0.05, 0) is 47.4 Å². The Hall–Kier alpha value is -1.42. The third-order valence-electron chi connectivity index (χ3n) is 3.69. The Kier molecular flexibility index (Phi) is 3.74. The molecule has 0 amide bonds. The van der Waals surface area contributed by atoms with Gasteiger partial charge in [0.1, 0.15) is 5.82 Å². The highest BCUT2D eigenvalue weighted by Gasteiger charge is 2.27. The van der Waals surface area contributed by atoms with Crippen molar-refractivity contribution in [1.29, 1.82) is 0 Å². The summed E-state index contributed by atoms with van der Waals surface area (Å²) in [6, 6.07) is 12.1. The molecule has 0 saturated carbocycles. The first-order valence-electron chi connectivity index (χ1n) is 6.58. The maximum absolute atomic E-state index is 13.5. The number of aliphatic hydroxyl groups excluding tert-OH is 1. The number of nitrogens with one attached hydrogen (secondary N) is 1. The van der Waals surface area contributed by atoms with Crippen LogP contribution in [0.5, 0.6) is 0 Å². The van der Waals surface area contributed by atoms with Crippen molar-refractivity contribution in [3.8, 4) is 0 Å². The van der Waals surface area contributed by atoms with E-state index >= 15 is 0 Å². The Morgan fingerprint density at radius 3 is 2.85 bits per heavy atom. The fourth-order valence-electron chi connectivity index (χ4n) is 2.75. The zero-order chi connectivity index (χ0) is 14.1. The molecule has 2 nitrogen and oxygen atoms in total. The Labute approximate surface area is 122 Å².